The summed E-state index contributed by atoms with van der Waals surface area (Å²) >= 11 is 5.66. The third kappa shape index (κ3) is 3.65. The van der Waals surface area contributed by atoms with Gasteiger partial charge < -0.3 is 11.1 Å². The predicted molar refractivity (Wildman–Crippen MR) is 73.7 cm³/mol. The number of carbonyl (C=O) groups excluding carboxylic acids is 1. The molecule has 1 atom stereocenters. The van der Waals surface area contributed by atoms with Gasteiger partial charge in [0.2, 0.25) is 5.91 Å². The number of carbonyl (C=O) groups is 1. The van der Waals surface area contributed by atoms with Gasteiger partial charge in [0.25, 0.3) is 0 Å². The maximum absolute atomic E-state index is 13.0. The molecule has 4 nitrogen and oxygen atoms in total. The molecule has 1 aromatic rings. The van der Waals surface area contributed by atoms with Gasteiger partial charge in [0, 0.05) is 18.3 Å². The molecule has 1 heterocycles. The van der Waals surface area contributed by atoms with E-state index in [4.69, 9.17) is 17.3 Å². The van der Waals surface area contributed by atoms with Crippen LogP contribution in [0, 0.1) is 5.82 Å². The molecule has 0 bridgehead atoms. The van der Waals surface area contributed by atoms with Gasteiger partial charge in [0.15, 0.2) is 0 Å². The molecule has 0 radical (unpaired) electrons. The quantitative estimate of drug-likeness (QED) is 0.887. The van der Waals surface area contributed by atoms with Crippen LogP contribution >= 0.6 is 11.6 Å². The molecule has 1 unspecified atom stereocenters. The molecule has 1 saturated heterocycles. The molecular weight excluding hydrogens is 269 g/mol. The second-order valence-electron chi connectivity index (χ2n) is 4.68. The normalized spacial score (nSPS) is 19.6. The molecule has 0 spiro atoms. The molecule has 104 valence electrons. The number of benzene rings is 1. The Morgan fingerprint density at radius 1 is 1.58 bits per heavy atom. The Morgan fingerprint density at radius 3 is 3.05 bits per heavy atom. The van der Waals surface area contributed by atoms with Crippen LogP contribution in [-0.4, -0.2) is 36.5 Å². The van der Waals surface area contributed by atoms with Crippen LogP contribution in [0.3, 0.4) is 0 Å². The van der Waals surface area contributed by atoms with E-state index in [1.807, 2.05) is 0 Å². The lowest BCUT2D eigenvalue weighted by Gasteiger charge is -2.22. The minimum atomic E-state index is -0.498. The highest BCUT2D eigenvalue weighted by Gasteiger charge is 2.24. The first-order valence-electron chi connectivity index (χ1n) is 6.29. The van der Waals surface area contributed by atoms with Gasteiger partial charge in [0.05, 0.1) is 11.6 Å². The van der Waals surface area contributed by atoms with Gasteiger partial charge in [-0.2, -0.15) is 0 Å². The number of nitrogens with zero attached hydrogens (tertiary/aromatic N) is 1. The van der Waals surface area contributed by atoms with Crippen molar-refractivity contribution in [2.75, 3.05) is 25.0 Å². The van der Waals surface area contributed by atoms with Crippen molar-refractivity contribution in [2.45, 2.75) is 18.9 Å². The number of hydrogen-bond donors (Lipinski definition) is 2. The van der Waals surface area contributed by atoms with Gasteiger partial charge >= 0.3 is 0 Å². The lowest BCUT2D eigenvalue weighted by atomic mass is 10.2. The monoisotopic (exact) mass is 285 g/mol. The van der Waals surface area contributed by atoms with Crippen molar-refractivity contribution in [1.82, 2.24) is 4.90 Å². The van der Waals surface area contributed by atoms with Gasteiger partial charge in [-0.05, 0) is 37.6 Å². The lowest BCUT2D eigenvalue weighted by Crippen LogP contribution is -2.40. The maximum Gasteiger partial charge on any atom is 0.238 e. The lowest BCUT2D eigenvalue weighted by molar-refractivity contribution is -0.117. The first-order chi connectivity index (χ1) is 9.10. The summed E-state index contributed by atoms with van der Waals surface area (Å²) in [6.45, 7) is 1.76. The molecule has 1 aliphatic rings. The minimum Gasteiger partial charge on any atom is -0.329 e. The van der Waals surface area contributed by atoms with E-state index in [-0.39, 0.29) is 17.0 Å². The molecule has 6 heteroatoms. The Hall–Kier alpha value is -1.17. The fraction of sp³-hybridized carbons (Fsp3) is 0.462. The largest absolute Gasteiger partial charge is 0.329 e. The van der Waals surface area contributed by atoms with Gasteiger partial charge in [-0.1, -0.05) is 11.6 Å². The fourth-order valence-electron chi connectivity index (χ4n) is 2.33. The average Bonchev–Trinajstić information content (AvgIpc) is 2.81. The summed E-state index contributed by atoms with van der Waals surface area (Å²) in [4.78, 5) is 14.0. The van der Waals surface area contributed by atoms with Crippen molar-refractivity contribution in [3.8, 4) is 0 Å². The summed E-state index contributed by atoms with van der Waals surface area (Å²) in [6, 6.07) is 4.40. The number of anilines is 1. The van der Waals surface area contributed by atoms with E-state index >= 15 is 0 Å². The summed E-state index contributed by atoms with van der Waals surface area (Å²) < 4.78 is 13.0. The van der Waals surface area contributed by atoms with Crippen LogP contribution in [0.2, 0.25) is 5.02 Å². The first-order valence-corrected chi connectivity index (χ1v) is 6.67. The molecule has 0 saturated carbocycles. The Balaban J connectivity index is 1.92. The van der Waals surface area contributed by atoms with Gasteiger partial charge in [-0.25, -0.2) is 4.39 Å². The highest BCUT2D eigenvalue weighted by Crippen LogP contribution is 2.20. The van der Waals surface area contributed by atoms with Crippen LogP contribution in [0.4, 0.5) is 10.1 Å². The Labute approximate surface area is 116 Å². The van der Waals surface area contributed by atoms with Crippen LogP contribution in [0.25, 0.3) is 0 Å². The van der Waals surface area contributed by atoms with Crippen LogP contribution in [0.15, 0.2) is 18.2 Å². The SMILES string of the molecule is NCC1CCCN1CC(=O)Nc1ccc(F)c(Cl)c1. The van der Waals surface area contributed by atoms with Crippen molar-refractivity contribution in [3.05, 3.63) is 29.0 Å². The van der Waals surface area contributed by atoms with Crippen molar-refractivity contribution in [2.24, 2.45) is 5.73 Å². The Kier molecular flexibility index (Phi) is 4.74. The second-order valence-corrected chi connectivity index (χ2v) is 5.09. The van der Waals surface area contributed by atoms with Crippen LogP contribution in [-0.2, 0) is 4.79 Å². The molecule has 0 aromatic heterocycles. The molecule has 0 aliphatic carbocycles. The van der Waals surface area contributed by atoms with E-state index in [0.29, 0.717) is 18.8 Å². The van der Waals surface area contributed by atoms with Crippen molar-refractivity contribution < 1.29 is 9.18 Å². The predicted octanol–water partition coefficient (Wildman–Crippen LogP) is 1.84. The molecule has 2 rings (SSSR count). The molecule has 3 N–H and O–H groups in total. The summed E-state index contributed by atoms with van der Waals surface area (Å²) in [5.41, 5.74) is 6.16. The maximum atomic E-state index is 13.0. The van der Waals surface area contributed by atoms with E-state index in [1.54, 1.807) is 0 Å². The second kappa shape index (κ2) is 6.32. The van der Waals surface area contributed by atoms with E-state index in [9.17, 15) is 9.18 Å². The molecule has 19 heavy (non-hydrogen) atoms. The average molecular weight is 286 g/mol. The van der Waals surface area contributed by atoms with Gasteiger partial charge in [0.1, 0.15) is 5.82 Å². The molecule has 1 fully saturated rings. The molecular formula is C13H17ClFN3O. The summed E-state index contributed by atoms with van der Waals surface area (Å²) in [6.07, 6.45) is 2.10. The summed E-state index contributed by atoms with van der Waals surface area (Å²) in [5.74, 6) is -0.634. The Morgan fingerprint density at radius 2 is 2.37 bits per heavy atom. The third-order valence-corrected chi connectivity index (χ3v) is 3.61. The van der Waals surface area contributed by atoms with Crippen LogP contribution in [0.1, 0.15) is 12.8 Å². The van der Waals surface area contributed by atoms with E-state index < -0.39 is 5.82 Å². The number of nitrogens with two attached hydrogens (primary N) is 1. The molecule has 1 amide bonds. The van der Waals surface area contributed by atoms with E-state index in [2.05, 4.69) is 10.2 Å². The third-order valence-electron chi connectivity index (χ3n) is 3.32. The smallest absolute Gasteiger partial charge is 0.238 e. The van der Waals surface area contributed by atoms with Crippen LogP contribution in [0.5, 0.6) is 0 Å². The zero-order chi connectivity index (χ0) is 13.8. The number of hydrogen-bond acceptors (Lipinski definition) is 3. The van der Waals surface area contributed by atoms with E-state index in [1.165, 1.54) is 18.2 Å². The van der Waals surface area contributed by atoms with Crippen molar-refractivity contribution in [3.63, 3.8) is 0 Å². The topological polar surface area (TPSA) is 58.4 Å². The highest BCUT2D eigenvalue weighted by molar-refractivity contribution is 6.31. The summed E-state index contributed by atoms with van der Waals surface area (Å²) in [5, 5.41) is 2.71. The summed E-state index contributed by atoms with van der Waals surface area (Å²) in [7, 11) is 0. The number of halogens is 2. The van der Waals surface area contributed by atoms with Crippen molar-refractivity contribution >= 4 is 23.2 Å². The van der Waals surface area contributed by atoms with Gasteiger partial charge in [-0.15, -0.1) is 0 Å². The first kappa shape index (κ1) is 14.2. The number of amides is 1. The van der Waals surface area contributed by atoms with E-state index in [0.717, 1.165) is 19.4 Å². The number of likely N-dealkylation sites (tertiary alicyclic amines) is 1. The minimum absolute atomic E-state index is 0.00110. The Bertz CT molecular complexity index is 469. The zero-order valence-corrected chi connectivity index (χ0v) is 11.3. The molecule has 1 aliphatic heterocycles. The standard InChI is InChI=1S/C13H17ClFN3O/c14-11-6-9(3-4-12(11)15)17-13(19)8-18-5-1-2-10(18)7-16/h3-4,6,10H,1-2,5,7-8,16H2,(H,17,19). The zero-order valence-electron chi connectivity index (χ0n) is 10.5. The number of nitrogens with one attached hydrogen (secondary N) is 1. The fourth-order valence-corrected chi connectivity index (χ4v) is 2.51. The van der Waals surface area contributed by atoms with Crippen molar-refractivity contribution in [1.29, 1.82) is 0 Å². The number of rotatable bonds is 4. The highest BCUT2D eigenvalue weighted by atomic mass is 35.5. The van der Waals surface area contributed by atoms with Gasteiger partial charge in [-0.3, -0.25) is 9.69 Å². The molecule has 1 aromatic carbocycles. The van der Waals surface area contributed by atoms with Crippen LogP contribution < -0.4 is 11.1 Å².